The Kier molecular flexibility index (Phi) is 8.49. The van der Waals surface area contributed by atoms with Crippen LogP contribution in [0.25, 0.3) is 67.4 Å². The maximum absolute atomic E-state index is 5.36. The second kappa shape index (κ2) is 14.1. The van der Waals surface area contributed by atoms with Gasteiger partial charge in [0.15, 0.2) is 5.82 Å². The molecule has 0 spiro atoms. The van der Waals surface area contributed by atoms with E-state index in [-0.39, 0.29) is 0 Å². The van der Waals surface area contributed by atoms with Crippen LogP contribution in [0.4, 0.5) is 0 Å². The van der Waals surface area contributed by atoms with Crippen molar-refractivity contribution in [1.29, 1.82) is 0 Å². The molecule has 0 aliphatic heterocycles. The zero-order valence-corrected chi connectivity index (χ0v) is 31.9. The van der Waals surface area contributed by atoms with Crippen LogP contribution in [0.1, 0.15) is 33.4 Å². The lowest BCUT2D eigenvalue weighted by Crippen LogP contribution is -2.28. The summed E-state index contributed by atoms with van der Waals surface area (Å²) in [5.74, 6) is 0.700. The molecule has 1 aliphatic rings. The largest absolute Gasteiger partial charge is 0.256 e. The quantitative estimate of drug-likeness (QED) is 0.164. The minimum atomic E-state index is -0.570. The number of aromatic nitrogens is 3. The summed E-state index contributed by atoms with van der Waals surface area (Å²) in [6.07, 6.45) is 1.94. The SMILES string of the molecule is Cc1cnc(-c2ccc(-c3ccc4c(c3)-c3c(-c5nc(-c6ccccc6)cc(-c6ccccc6)n5)cccc3C4(c3ccccc3)c3ccccc3)cc2)c(C)c1. The molecule has 270 valence electrons. The number of benzene rings is 7. The Hall–Kier alpha value is -7.23. The fourth-order valence-electron chi connectivity index (χ4n) is 8.83. The van der Waals surface area contributed by atoms with Gasteiger partial charge >= 0.3 is 0 Å². The van der Waals surface area contributed by atoms with Gasteiger partial charge in [0.25, 0.3) is 0 Å². The van der Waals surface area contributed by atoms with Crippen LogP contribution >= 0.6 is 0 Å². The molecule has 0 bridgehead atoms. The highest BCUT2D eigenvalue weighted by Gasteiger charge is 2.47. The van der Waals surface area contributed by atoms with Crippen LogP contribution in [-0.4, -0.2) is 15.0 Å². The first-order valence-corrected chi connectivity index (χ1v) is 19.5. The van der Waals surface area contributed by atoms with E-state index in [0.29, 0.717) is 5.82 Å². The molecule has 1 aliphatic carbocycles. The molecule has 0 saturated carbocycles. The first-order valence-electron chi connectivity index (χ1n) is 19.5. The van der Waals surface area contributed by atoms with Crippen molar-refractivity contribution in [2.24, 2.45) is 0 Å². The fourth-order valence-corrected chi connectivity index (χ4v) is 8.83. The lowest BCUT2D eigenvalue weighted by atomic mass is 9.67. The third kappa shape index (κ3) is 5.87. The van der Waals surface area contributed by atoms with E-state index in [4.69, 9.17) is 15.0 Å². The van der Waals surface area contributed by atoms with Gasteiger partial charge in [-0.25, -0.2) is 9.97 Å². The van der Waals surface area contributed by atoms with Gasteiger partial charge in [0, 0.05) is 28.5 Å². The van der Waals surface area contributed by atoms with E-state index in [2.05, 4.69) is 196 Å². The van der Waals surface area contributed by atoms with Gasteiger partial charge in [-0.1, -0.05) is 182 Å². The molecule has 0 atom stereocenters. The first-order chi connectivity index (χ1) is 28.1. The Morgan fingerprint density at radius 3 is 1.53 bits per heavy atom. The lowest BCUT2D eigenvalue weighted by Gasteiger charge is -2.34. The summed E-state index contributed by atoms with van der Waals surface area (Å²) >= 11 is 0. The van der Waals surface area contributed by atoms with Crippen LogP contribution in [-0.2, 0) is 5.41 Å². The van der Waals surface area contributed by atoms with Crippen molar-refractivity contribution in [2.45, 2.75) is 19.3 Å². The number of hydrogen-bond acceptors (Lipinski definition) is 3. The Bertz CT molecular complexity index is 2790. The summed E-state index contributed by atoms with van der Waals surface area (Å²) in [5, 5.41) is 0. The third-order valence-corrected chi connectivity index (χ3v) is 11.4. The van der Waals surface area contributed by atoms with Crippen LogP contribution in [0.15, 0.2) is 200 Å². The molecule has 57 heavy (non-hydrogen) atoms. The molecule has 0 unspecified atom stereocenters. The molecule has 3 nitrogen and oxygen atoms in total. The zero-order valence-electron chi connectivity index (χ0n) is 31.9. The van der Waals surface area contributed by atoms with E-state index in [1.165, 1.54) is 38.9 Å². The summed E-state index contributed by atoms with van der Waals surface area (Å²) < 4.78 is 0. The van der Waals surface area contributed by atoms with Crippen LogP contribution in [0, 0.1) is 13.8 Å². The summed E-state index contributed by atoms with van der Waals surface area (Å²) in [5.41, 5.74) is 18.3. The monoisotopic (exact) mass is 729 g/mol. The minimum Gasteiger partial charge on any atom is -0.256 e. The number of fused-ring (bicyclic) bond motifs is 3. The summed E-state index contributed by atoms with van der Waals surface area (Å²) in [4.78, 5) is 15.5. The first kappa shape index (κ1) is 34.3. The van der Waals surface area contributed by atoms with Crippen molar-refractivity contribution in [2.75, 3.05) is 0 Å². The normalized spacial score (nSPS) is 12.5. The van der Waals surface area contributed by atoms with Crippen molar-refractivity contribution in [3.8, 4) is 67.4 Å². The van der Waals surface area contributed by atoms with Crippen molar-refractivity contribution in [3.63, 3.8) is 0 Å². The maximum Gasteiger partial charge on any atom is 0.161 e. The summed E-state index contributed by atoms with van der Waals surface area (Å²) in [6, 6.07) is 69.6. The summed E-state index contributed by atoms with van der Waals surface area (Å²) in [7, 11) is 0. The molecule has 10 rings (SSSR count). The average molecular weight is 730 g/mol. The van der Waals surface area contributed by atoms with E-state index >= 15 is 0 Å². The number of aryl methyl sites for hydroxylation is 2. The Labute approximate surface area is 334 Å². The lowest BCUT2D eigenvalue weighted by molar-refractivity contribution is 0.768. The van der Waals surface area contributed by atoms with Gasteiger partial charge < -0.3 is 0 Å². The van der Waals surface area contributed by atoms with Gasteiger partial charge in [0.2, 0.25) is 0 Å². The van der Waals surface area contributed by atoms with E-state index in [1.807, 2.05) is 18.3 Å². The Balaban J connectivity index is 1.23. The molecule has 0 fully saturated rings. The molecule has 0 amide bonds. The standard InChI is InChI=1S/C54H39N3/c1-36-32-37(2)52(55-35-36)41-28-26-38(27-29-41)42-30-31-47-46(33-42)51-45(24-15-25-48(51)54(47,43-20-11-5-12-21-43)44-22-13-6-14-23-44)53-56-49(39-16-7-3-8-17-39)34-50(57-53)40-18-9-4-10-19-40/h3-35H,1-2H3. The van der Waals surface area contributed by atoms with Gasteiger partial charge in [-0.2, -0.15) is 0 Å². The second-order valence-corrected chi connectivity index (χ2v) is 14.9. The molecular weight excluding hydrogens is 691 g/mol. The van der Waals surface area contributed by atoms with Gasteiger partial charge in [-0.05, 0) is 81.6 Å². The smallest absolute Gasteiger partial charge is 0.161 e. The van der Waals surface area contributed by atoms with Crippen LogP contribution in [0.5, 0.6) is 0 Å². The topological polar surface area (TPSA) is 38.7 Å². The Morgan fingerprint density at radius 2 is 0.947 bits per heavy atom. The third-order valence-electron chi connectivity index (χ3n) is 11.4. The summed E-state index contributed by atoms with van der Waals surface area (Å²) in [6.45, 7) is 4.22. The van der Waals surface area contributed by atoms with Gasteiger partial charge in [-0.15, -0.1) is 0 Å². The maximum atomic E-state index is 5.36. The highest BCUT2D eigenvalue weighted by molar-refractivity contribution is 5.96. The van der Waals surface area contributed by atoms with Crippen molar-refractivity contribution < 1.29 is 0 Å². The predicted octanol–water partition coefficient (Wildman–Crippen LogP) is 13.2. The van der Waals surface area contributed by atoms with Crippen molar-refractivity contribution >= 4 is 0 Å². The minimum absolute atomic E-state index is 0.570. The van der Waals surface area contributed by atoms with Crippen molar-refractivity contribution in [1.82, 2.24) is 15.0 Å². The van der Waals surface area contributed by atoms with E-state index in [0.717, 1.165) is 56.0 Å². The van der Waals surface area contributed by atoms with Crippen LogP contribution in [0.2, 0.25) is 0 Å². The van der Waals surface area contributed by atoms with Gasteiger partial charge in [0.05, 0.1) is 22.5 Å². The van der Waals surface area contributed by atoms with Crippen molar-refractivity contribution in [3.05, 3.63) is 234 Å². The van der Waals surface area contributed by atoms with Crippen LogP contribution < -0.4 is 0 Å². The van der Waals surface area contributed by atoms with Gasteiger partial charge in [0.1, 0.15) is 0 Å². The molecule has 2 aromatic heterocycles. The predicted molar refractivity (Wildman–Crippen MR) is 234 cm³/mol. The van der Waals surface area contributed by atoms with E-state index < -0.39 is 5.41 Å². The van der Waals surface area contributed by atoms with Gasteiger partial charge in [-0.3, -0.25) is 4.98 Å². The number of hydrogen-bond donors (Lipinski definition) is 0. The molecule has 0 radical (unpaired) electrons. The molecular formula is C54H39N3. The molecule has 2 heterocycles. The highest BCUT2D eigenvalue weighted by Crippen LogP contribution is 2.58. The molecule has 0 N–H and O–H groups in total. The number of nitrogens with zero attached hydrogens (tertiary/aromatic N) is 3. The van der Waals surface area contributed by atoms with Crippen LogP contribution in [0.3, 0.4) is 0 Å². The second-order valence-electron chi connectivity index (χ2n) is 14.9. The molecule has 9 aromatic rings. The molecule has 3 heteroatoms. The number of pyridine rings is 1. The van der Waals surface area contributed by atoms with E-state index in [1.54, 1.807) is 0 Å². The molecule has 7 aromatic carbocycles. The number of rotatable bonds is 7. The molecule has 0 saturated heterocycles. The van der Waals surface area contributed by atoms with E-state index in [9.17, 15) is 0 Å². The fraction of sp³-hybridized carbons (Fsp3) is 0.0556. The average Bonchev–Trinajstić information content (AvgIpc) is 3.58. The Morgan fingerprint density at radius 1 is 0.404 bits per heavy atom. The highest BCUT2D eigenvalue weighted by atomic mass is 14.9. The zero-order chi connectivity index (χ0) is 38.3.